The van der Waals surface area contributed by atoms with Crippen LogP contribution in [0.1, 0.15) is 6.92 Å². The number of para-hydroxylation sites is 1. The largest absolute Gasteiger partial charge is 0.465 e. The van der Waals surface area contributed by atoms with Crippen molar-refractivity contribution in [1.29, 1.82) is 0 Å². The van der Waals surface area contributed by atoms with Crippen LogP contribution in [0.3, 0.4) is 0 Å². The smallest absolute Gasteiger partial charge is 0.320 e. The van der Waals surface area contributed by atoms with Gasteiger partial charge in [-0.2, -0.15) is 0 Å². The Morgan fingerprint density at radius 1 is 1.38 bits per heavy atom. The first-order chi connectivity index (χ1) is 10.1. The number of nitrogens with one attached hydrogen (secondary N) is 1. The standard InChI is InChI=1S/C15H19BrN2O3/c1-3-9-18(11-15(20)21-4-2)10-14(19)17-13-8-6-5-7-12(13)16/h3,5-8H,1,4,9-11H2,2H3,(H,17,19). The second-order valence-corrected chi connectivity index (χ2v) is 5.15. The molecule has 0 fully saturated rings. The van der Waals surface area contributed by atoms with Gasteiger partial charge in [-0.25, -0.2) is 0 Å². The van der Waals surface area contributed by atoms with Crippen LogP contribution in [-0.4, -0.2) is 43.0 Å². The number of ether oxygens (including phenoxy) is 1. The first-order valence-electron chi connectivity index (χ1n) is 6.60. The van der Waals surface area contributed by atoms with Crippen LogP contribution in [0, 0.1) is 0 Å². The van der Waals surface area contributed by atoms with Crippen molar-refractivity contribution in [1.82, 2.24) is 4.90 Å². The fourth-order valence-electron chi connectivity index (χ4n) is 1.71. The zero-order valence-electron chi connectivity index (χ0n) is 12.0. The van der Waals surface area contributed by atoms with Crippen LogP contribution in [0.25, 0.3) is 0 Å². The van der Waals surface area contributed by atoms with Crippen molar-refractivity contribution < 1.29 is 14.3 Å². The Morgan fingerprint density at radius 3 is 2.71 bits per heavy atom. The summed E-state index contributed by atoms with van der Waals surface area (Å²) in [6.45, 7) is 6.28. The molecule has 0 bridgehead atoms. The Bertz CT molecular complexity index is 505. The van der Waals surface area contributed by atoms with Gasteiger partial charge in [0.15, 0.2) is 0 Å². The van der Waals surface area contributed by atoms with Gasteiger partial charge in [0.05, 0.1) is 25.4 Å². The maximum Gasteiger partial charge on any atom is 0.320 e. The van der Waals surface area contributed by atoms with Gasteiger partial charge >= 0.3 is 5.97 Å². The normalized spacial score (nSPS) is 10.2. The van der Waals surface area contributed by atoms with E-state index in [9.17, 15) is 9.59 Å². The Labute approximate surface area is 133 Å². The first-order valence-corrected chi connectivity index (χ1v) is 7.39. The average Bonchev–Trinajstić information content (AvgIpc) is 2.41. The van der Waals surface area contributed by atoms with E-state index in [-0.39, 0.29) is 25.0 Å². The topological polar surface area (TPSA) is 58.6 Å². The maximum absolute atomic E-state index is 12.0. The van der Waals surface area contributed by atoms with Gasteiger partial charge in [0, 0.05) is 11.0 Å². The summed E-state index contributed by atoms with van der Waals surface area (Å²) in [4.78, 5) is 25.2. The van der Waals surface area contributed by atoms with Gasteiger partial charge in [-0.15, -0.1) is 6.58 Å². The third kappa shape index (κ3) is 6.55. The molecule has 0 heterocycles. The summed E-state index contributed by atoms with van der Waals surface area (Å²) in [5.41, 5.74) is 0.692. The molecule has 0 saturated heterocycles. The number of nitrogens with zero attached hydrogens (tertiary/aromatic N) is 1. The van der Waals surface area contributed by atoms with Crippen molar-refractivity contribution in [3.05, 3.63) is 41.4 Å². The predicted octanol–water partition coefficient (Wildman–Crippen LogP) is 2.44. The minimum atomic E-state index is -0.354. The highest BCUT2D eigenvalue weighted by atomic mass is 79.9. The summed E-state index contributed by atoms with van der Waals surface area (Å²) >= 11 is 3.36. The van der Waals surface area contributed by atoms with Gasteiger partial charge in [0.2, 0.25) is 5.91 Å². The van der Waals surface area contributed by atoms with Crippen LogP contribution in [-0.2, 0) is 14.3 Å². The summed E-state index contributed by atoms with van der Waals surface area (Å²) in [5.74, 6) is -0.555. The van der Waals surface area contributed by atoms with Crippen molar-refractivity contribution in [2.75, 3.05) is 31.6 Å². The number of halogens is 1. The van der Waals surface area contributed by atoms with Crippen molar-refractivity contribution >= 4 is 33.5 Å². The minimum absolute atomic E-state index is 0.0588. The van der Waals surface area contributed by atoms with E-state index in [1.807, 2.05) is 18.2 Å². The number of hydrogen-bond donors (Lipinski definition) is 1. The molecule has 0 aromatic heterocycles. The molecule has 1 aromatic rings. The highest BCUT2D eigenvalue weighted by molar-refractivity contribution is 9.10. The SMILES string of the molecule is C=CCN(CC(=O)Nc1ccccc1Br)CC(=O)OCC. The average molecular weight is 355 g/mol. The molecule has 0 aliphatic rings. The summed E-state index contributed by atoms with van der Waals surface area (Å²) < 4.78 is 5.69. The van der Waals surface area contributed by atoms with Crippen molar-refractivity contribution in [2.24, 2.45) is 0 Å². The van der Waals surface area contributed by atoms with E-state index in [0.717, 1.165) is 4.47 Å². The van der Waals surface area contributed by atoms with Crippen LogP contribution < -0.4 is 5.32 Å². The number of anilines is 1. The molecule has 0 saturated carbocycles. The quantitative estimate of drug-likeness (QED) is 0.575. The number of rotatable bonds is 8. The first kappa shape index (κ1) is 17.4. The number of benzene rings is 1. The molecule has 6 heteroatoms. The Balaban J connectivity index is 2.58. The van der Waals surface area contributed by atoms with Crippen LogP contribution >= 0.6 is 15.9 Å². The van der Waals surface area contributed by atoms with Crippen molar-refractivity contribution in [3.8, 4) is 0 Å². The van der Waals surface area contributed by atoms with Gasteiger partial charge in [-0.05, 0) is 35.0 Å². The van der Waals surface area contributed by atoms with Gasteiger partial charge in [-0.3, -0.25) is 14.5 Å². The lowest BCUT2D eigenvalue weighted by Gasteiger charge is -2.19. The molecule has 1 amide bonds. The van der Waals surface area contributed by atoms with Crippen LogP contribution in [0.5, 0.6) is 0 Å². The lowest BCUT2D eigenvalue weighted by atomic mass is 10.3. The molecule has 21 heavy (non-hydrogen) atoms. The predicted molar refractivity (Wildman–Crippen MR) is 86.0 cm³/mol. The molecule has 0 aliphatic heterocycles. The molecule has 1 N–H and O–H groups in total. The van der Waals surface area contributed by atoms with Crippen molar-refractivity contribution in [3.63, 3.8) is 0 Å². The fraction of sp³-hybridized carbons (Fsp3) is 0.333. The molecular weight excluding hydrogens is 336 g/mol. The van der Waals surface area contributed by atoms with Crippen LogP contribution in [0.4, 0.5) is 5.69 Å². The second kappa shape index (κ2) is 9.31. The lowest BCUT2D eigenvalue weighted by molar-refractivity contribution is -0.144. The summed E-state index contributed by atoms with van der Waals surface area (Å²) in [5, 5.41) is 2.79. The van der Waals surface area contributed by atoms with E-state index in [1.54, 1.807) is 24.0 Å². The highest BCUT2D eigenvalue weighted by Gasteiger charge is 2.14. The number of hydrogen-bond acceptors (Lipinski definition) is 4. The van der Waals surface area contributed by atoms with Gasteiger partial charge in [0.1, 0.15) is 0 Å². The molecule has 0 unspecified atom stereocenters. The molecular formula is C15H19BrN2O3. The van der Waals surface area contributed by atoms with Crippen LogP contribution in [0.2, 0.25) is 0 Å². The molecule has 0 aliphatic carbocycles. The molecule has 114 valence electrons. The third-order valence-electron chi connectivity index (χ3n) is 2.56. The second-order valence-electron chi connectivity index (χ2n) is 4.29. The molecule has 5 nitrogen and oxygen atoms in total. The van der Waals surface area contributed by atoms with Gasteiger partial charge in [-0.1, -0.05) is 18.2 Å². The van der Waals surface area contributed by atoms with E-state index in [0.29, 0.717) is 18.8 Å². The molecule has 0 radical (unpaired) electrons. The van der Waals surface area contributed by atoms with Crippen LogP contribution in [0.15, 0.2) is 41.4 Å². The van der Waals surface area contributed by atoms with E-state index in [4.69, 9.17) is 4.74 Å². The fourth-order valence-corrected chi connectivity index (χ4v) is 2.10. The monoisotopic (exact) mass is 354 g/mol. The van der Waals surface area contributed by atoms with E-state index in [2.05, 4.69) is 27.8 Å². The minimum Gasteiger partial charge on any atom is -0.465 e. The molecule has 1 rings (SSSR count). The Morgan fingerprint density at radius 2 is 2.10 bits per heavy atom. The molecule has 0 spiro atoms. The van der Waals surface area contributed by atoms with Gasteiger partial charge < -0.3 is 10.1 Å². The summed E-state index contributed by atoms with van der Waals surface area (Å²) in [7, 11) is 0. The zero-order valence-corrected chi connectivity index (χ0v) is 13.6. The number of carbonyl (C=O) groups excluding carboxylic acids is 2. The number of carbonyl (C=O) groups is 2. The summed E-state index contributed by atoms with van der Waals surface area (Å²) in [6.07, 6.45) is 1.64. The van der Waals surface area contributed by atoms with E-state index in [1.165, 1.54) is 0 Å². The summed E-state index contributed by atoms with van der Waals surface area (Å²) in [6, 6.07) is 7.34. The highest BCUT2D eigenvalue weighted by Crippen LogP contribution is 2.20. The molecule has 0 atom stereocenters. The van der Waals surface area contributed by atoms with E-state index < -0.39 is 0 Å². The Kier molecular flexibility index (Phi) is 7.71. The third-order valence-corrected chi connectivity index (χ3v) is 3.25. The number of amides is 1. The molecule has 1 aromatic carbocycles. The number of esters is 1. The lowest BCUT2D eigenvalue weighted by Crippen LogP contribution is -2.37. The zero-order chi connectivity index (χ0) is 15.7. The Hall–Kier alpha value is -1.66. The van der Waals surface area contributed by atoms with E-state index >= 15 is 0 Å². The van der Waals surface area contributed by atoms with Crippen molar-refractivity contribution in [2.45, 2.75) is 6.92 Å². The maximum atomic E-state index is 12.0. The van der Waals surface area contributed by atoms with Gasteiger partial charge in [0.25, 0.3) is 0 Å².